The zero-order valence-electron chi connectivity index (χ0n) is 14.4. The lowest BCUT2D eigenvalue weighted by Crippen LogP contribution is -2.27. The molecule has 0 unspecified atom stereocenters. The largest absolute Gasteiger partial charge is 0.459 e. The average molecular weight is 329 g/mol. The molecule has 1 aliphatic heterocycles. The van der Waals surface area contributed by atoms with Crippen LogP contribution in [-0.4, -0.2) is 37.2 Å². The van der Waals surface area contributed by atoms with Crippen molar-refractivity contribution in [2.45, 2.75) is 27.2 Å². The zero-order valence-corrected chi connectivity index (χ0v) is 14.4. The summed E-state index contributed by atoms with van der Waals surface area (Å²) in [6.45, 7) is 9.03. The minimum Gasteiger partial charge on any atom is -0.459 e. The van der Waals surface area contributed by atoms with Crippen LogP contribution in [-0.2, 0) is 4.74 Å². The van der Waals surface area contributed by atoms with Gasteiger partial charge in [0.15, 0.2) is 5.76 Å². The fraction of sp³-hybridized carbons (Fsp3) is 0.444. The molecule has 1 amide bonds. The molecule has 1 aliphatic rings. The first-order valence-corrected chi connectivity index (χ1v) is 8.22. The third-order valence-corrected chi connectivity index (χ3v) is 4.24. The fourth-order valence-corrected chi connectivity index (χ4v) is 2.91. The van der Waals surface area contributed by atoms with Crippen molar-refractivity contribution in [3.05, 3.63) is 41.0 Å². The molecule has 3 heterocycles. The van der Waals surface area contributed by atoms with E-state index in [9.17, 15) is 4.79 Å². The Balaban J connectivity index is 1.82. The number of carbonyl (C=O) groups is 1. The average Bonchev–Trinajstić information content (AvgIpc) is 2.82. The van der Waals surface area contributed by atoms with E-state index in [1.807, 2.05) is 26.8 Å². The van der Waals surface area contributed by atoms with Gasteiger partial charge in [0, 0.05) is 25.3 Å². The SMILES string of the molecule is Cc1ccoc1C(=O)Nc1c(C)cc(N2CCCOCC2)nc1C. The molecule has 1 saturated heterocycles. The van der Waals surface area contributed by atoms with E-state index in [-0.39, 0.29) is 5.91 Å². The molecule has 0 spiro atoms. The Morgan fingerprint density at radius 2 is 2.04 bits per heavy atom. The van der Waals surface area contributed by atoms with E-state index in [4.69, 9.17) is 9.15 Å². The lowest BCUT2D eigenvalue weighted by molar-refractivity contribution is 0.0995. The number of amides is 1. The topological polar surface area (TPSA) is 67.6 Å². The van der Waals surface area contributed by atoms with E-state index >= 15 is 0 Å². The predicted octanol–water partition coefficient (Wildman–Crippen LogP) is 3.08. The van der Waals surface area contributed by atoms with E-state index in [0.717, 1.165) is 61.1 Å². The summed E-state index contributed by atoms with van der Waals surface area (Å²) >= 11 is 0. The molecule has 128 valence electrons. The second-order valence-electron chi connectivity index (χ2n) is 6.10. The molecule has 1 N–H and O–H groups in total. The highest BCUT2D eigenvalue weighted by molar-refractivity contribution is 6.04. The number of furan rings is 1. The Labute approximate surface area is 141 Å². The molecule has 2 aromatic rings. The highest BCUT2D eigenvalue weighted by Crippen LogP contribution is 2.25. The van der Waals surface area contributed by atoms with Crippen molar-refractivity contribution in [3.8, 4) is 0 Å². The Morgan fingerprint density at radius 3 is 2.75 bits per heavy atom. The van der Waals surface area contributed by atoms with Gasteiger partial charge in [-0.1, -0.05) is 0 Å². The quantitative estimate of drug-likeness (QED) is 0.937. The van der Waals surface area contributed by atoms with Gasteiger partial charge in [0.25, 0.3) is 5.91 Å². The van der Waals surface area contributed by atoms with E-state index < -0.39 is 0 Å². The van der Waals surface area contributed by atoms with Crippen molar-refractivity contribution < 1.29 is 13.9 Å². The maximum Gasteiger partial charge on any atom is 0.291 e. The third kappa shape index (κ3) is 3.43. The molecule has 3 rings (SSSR count). The maximum atomic E-state index is 12.4. The lowest BCUT2D eigenvalue weighted by Gasteiger charge is -2.23. The van der Waals surface area contributed by atoms with Crippen LogP contribution >= 0.6 is 0 Å². The molecule has 6 heteroatoms. The minimum atomic E-state index is -0.249. The van der Waals surface area contributed by atoms with Crippen molar-refractivity contribution in [2.75, 3.05) is 36.5 Å². The van der Waals surface area contributed by atoms with Gasteiger partial charge in [0.05, 0.1) is 24.3 Å². The smallest absolute Gasteiger partial charge is 0.291 e. The van der Waals surface area contributed by atoms with Gasteiger partial charge in [-0.05, 0) is 44.9 Å². The zero-order chi connectivity index (χ0) is 17.1. The summed E-state index contributed by atoms with van der Waals surface area (Å²) in [4.78, 5) is 19.3. The number of hydrogen-bond donors (Lipinski definition) is 1. The third-order valence-electron chi connectivity index (χ3n) is 4.24. The van der Waals surface area contributed by atoms with Crippen molar-refractivity contribution in [1.82, 2.24) is 4.98 Å². The van der Waals surface area contributed by atoms with Crippen LogP contribution in [0.5, 0.6) is 0 Å². The number of aromatic nitrogens is 1. The van der Waals surface area contributed by atoms with Gasteiger partial charge in [-0.3, -0.25) is 4.79 Å². The molecular weight excluding hydrogens is 306 g/mol. The van der Waals surface area contributed by atoms with Gasteiger partial charge < -0.3 is 19.4 Å². The second-order valence-corrected chi connectivity index (χ2v) is 6.10. The molecule has 0 bridgehead atoms. The van der Waals surface area contributed by atoms with Crippen LogP contribution < -0.4 is 10.2 Å². The Bertz CT molecular complexity index is 708. The van der Waals surface area contributed by atoms with Gasteiger partial charge >= 0.3 is 0 Å². The highest BCUT2D eigenvalue weighted by atomic mass is 16.5. The molecule has 0 atom stereocenters. The number of aryl methyl sites for hydroxylation is 3. The van der Waals surface area contributed by atoms with Crippen molar-refractivity contribution in [2.24, 2.45) is 0 Å². The molecule has 0 saturated carbocycles. The lowest BCUT2D eigenvalue weighted by atomic mass is 10.1. The monoisotopic (exact) mass is 329 g/mol. The molecule has 0 aromatic carbocycles. The molecular formula is C18H23N3O3. The van der Waals surface area contributed by atoms with Gasteiger partial charge in [-0.15, -0.1) is 0 Å². The van der Waals surface area contributed by atoms with Crippen molar-refractivity contribution >= 4 is 17.4 Å². The fourth-order valence-electron chi connectivity index (χ4n) is 2.91. The van der Waals surface area contributed by atoms with Crippen LogP contribution in [0.4, 0.5) is 11.5 Å². The Hall–Kier alpha value is -2.34. The summed E-state index contributed by atoms with van der Waals surface area (Å²) in [5, 5.41) is 2.93. The van der Waals surface area contributed by atoms with E-state index in [1.165, 1.54) is 6.26 Å². The van der Waals surface area contributed by atoms with Crippen LogP contribution in [0.1, 0.15) is 33.8 Å². The Kier molecular flexibility index (Phi) is 4.85. The van der Waals surface area contributed by atoms with E-state index in [1.54, 1.807) is 6.07 Å². The summed E-state index contributed by atoms with van der Waals surface area (Å²) in [5.74, 6) is 1.02. The predicted molar refractivity (Wildman–Crippen MR) is 92.8 cm³/mol. The number of pyridine rings is 1. The van der Waals surface area contributed by atoms with Crippen LogP contribution in [0.2, 0.25) is 0 Å². The molecule has 2 aromatic heterocycles. The summed E-state index contributed by atoms with van der Waals surface area (Å²) in [5.41, 5.74) is 3.34. The van der Waals surface area contributed by atoms with Gasteiger partial charge in [0.1, 0.15) is 5.82 Å². The highest BCUT2D eigenvalue weighted by Gasteiger charge is 2.18. The number of anilines is 2. The number of nitrogens with zero attached hydrogens (tertiary/aromatic N) is 2. The number of hydrogen-bond acceptors (Lipinski definition) is 5. The van der Waals surface area contributed by atoms with E-state index in [0.29, 0.717) is 5.76 Å². The van der Waals surface area contributed by atoms with Crippen molar-refractivity contribution in [1.29, 1.82) is 0 Å². The first-order valence-electron chi connectivity index (χ1n) is 8.22. The summed E-state index contributed by atoms with van der Waals surface area (Å²) in [6.07, 6.45) is 2.52. The van der Waals surface area contributed by atoms with Gasteiger partial charge in [-0.25, -0.2) is 4.98 Å². The number of nitrogens with one attached hydrogen (secondary N) is 1. The van der Waals surface area contributed by atoms with Crippen LogP contribution in [0.3, 0.4) is 0 Å². The number of ether oxygens (including phenoxy) is 1. The number of carbonyl (C=O) groups excluding carboxylic acids is 1. The summed E-state index contributed by atoms with van der Waals surface area (Å²) in [6, 6.07) is 3.79. The minimum absolute atomic E-state index is 0.249. The second kappa shape index (κ2) is 7.05. The molecule has 6 nitrogen and oxygen atoms in total. The van der Waals surface area contributed by atoms with Crippen LogP contribution in [0.15, 0.2) is 22.8 Å². The molecule has 0 aliphatic carbocycles. The summed E-state index contributed by atoms with van der Waals surface area (Å²) < 4.78 is 10.8. The Morgan fingerprint density at radius 1 is 1.21 bits per heavy atom. The van der Waals surface area contributed by atoms with Crippen LogP contribution in [0, 0.1) is 20.8 Å². The van der Waals surface area contributed by atoms with Crippen molar-refractivity contribution in [3.63, 3.8) is 0 Å². The number of rotatable bonds is 3. The van der Waals surface area contributed by atoms with Gasteiger partial charge in [-0.2, -0.15) is 0 Å². The normalized spacial score (nSPS) is 15.2. The first kappa shape index (κ1) is 16.5. The van der Waals surface area contributed by atoms with Gasteiger partial charge in [0.2, 0.25) is 0 Å². The summed E-state index contributed by atoms with van der Waals surface area (Å²) in [7, 11) is 0. The van der Waals surface area contributed by atoms with Crippen LogP contribution in [0.25, 0.3) is 0 Å². The van der Waals surface area contributed by atoms with E-state index in [2.05, 4.69) is 15.2 Å². The molecule has 0 radical (unpaired) electrons. The maximum absolute atomic E-state index is 12.4. The molecule has 24 heavy (non-hydrogen) atoms. The standard InChI is InChI=1S/C18H23N3O3/c1-12-5-9-24-17(12)18(22)20-16-13(2)11-15(19-14(16)3)21-6-4-8-23-10-7-21/h5,9,11H,4,6-8,10H2,1-3H3,(H,20,22). The molecule has 1 fully saturated rings. The first-order chi connectivity index (χ1) is 11.6.